The third kappa shape index (κ3) is 7.60. The fourth-order valence-corrected chi connectivity index (χ4v) is 4.56. The van der Waals surface area contributed by atoms with E-state index in [1.54, 1.807) is 4.90 Å². The van der Waals surface area contributed by atoms with Crippen LogP contribution in [0.5, 0.6) is 0 Å². The van der Waals surface area contributed by atoms with Crippen molar-refractivity contribution in [3.8, 4) is 0 Å². The minimum absolute atomic E-state index is 0.0146. The Morgan fingerprint density at radius 2 is 1.76 bits per heavy atom. The van der Waals surface area contributed by atoms with Crippen molar-refractivity contribution in [1.82, 2.24) is 14.5 Å². The summed E-state index contributed by atoms with van der Waals surface area (Å²) >= 11 is 0. The first-order valence-corrected chi connectivity index (χ1v) is 11.6. The van der Waals surface area contributed by atoms with E-state index in [2.05, 4.69) is 9.71 Å². The highest BCUT2D eigenvalue weighted by atomic mass is 32.2. The second kappa shape index (κ2) is 10.8. The molecule has 1 saturated heterocycles. The average Bonchev–Trinajstić information content (AvgIpc) is 2.74. The molecule has 0 unspecified atom stereocenters. The number of carbonyl (C=O) groups excluding carboxylic acids is 2. The van der Waals surface area contributed by atoms with Crippen LogP contribution >= 0.6 is 0 Å². The molecule has 0 saturated carbocycles. The molecule has 14 heteroatoms. The Morgan fingerprint density at radius 1 is 1.15 bits per heavy atom. The standard InChI is InChI=1S/C19H27F3N6O4S/c1-13(29)27-8-10-28(11-9-27)17(30)16(6-3-7-25-18(23)24)26-33(31,32)15-5-2-4-14(12-15)19(20,21)22/h2,4-5,12,16,26H,3,6-11H2,1H3,(H4,23,24,25)/t16-/m0/s1. The number of halogens is 3. The second-order valence-corrected chi connectivity index (χ2v) is 9.19. The van der Waals surface area contributed by atoms with Crippen molar-refractivity contribution >= 4 is 27.8 Å². The molecule has 0 aromatic heterocycles. The number of amides is 2. The predicted octanol–water partition coefficient (Wildman–Crippen LogP) is 0.0966. The van der Waals surface area contributed by atoms with Gasteiger partial charge in [0.1, 0.15) is 6.04 Å². The summed E-state index contributed by atoms with van der Waals surface area (Å²) in [6, 6.07) is 2.01. The molecule has 0 spiro atoms. The fourth-order valence-electron chi connectivity index (χ4n) is 3.29. The number of sulfonamides is 1. The van der Waals surface area contributed by atoms with Crippen LogP contribution in [0.15, 0.2) is 34.2 Å². The van der Waals surface area contributed by atoms with Crippen LogP contribution in [0.1, 0.15) is 25.3 Å². The molecule has 1 atom stereocenters. The molecule has 2 amide bonds. The van der Waals surface area contributed by atoms with Crippen molar-refractivity contribution < 1.29 is 31.2 Å². The van der Waals surface area contributed by atoms with Gasteiger partial charge in [0.15, 0.2) is 5.96 Å². The summed E-state index contributed by atoms with van der Waals surface area (Å²) in [5.74, 6) is -0.845. The van der Waals surface area contributed by atoms with Crippen molar-refractivity contribution in [2.24, 2.45) is 16.5 Å². The van der Waals surface area contributed by atoms with Crippen molar-refractivity contribution in [3.05, 3.63) is 29.8 Å². The predicted molar refractivity (Wildman–Crippen MR) is 114 cm³/mol. The monoisotopic (exact) mass is 492 g/mol. The van der Waals surface area contributed by atoms with E-state index in [-0.39, 0.29) is 44.3 Å². The maximum atomic E-state index is 13.1. The number of nitrogens with zero attached hydrogens (tertiary/aromatic N) is 3. The van der Waals surface area contributed by atoms with Crippen molar-refractivity contribution in [2.75, 3.05) is 32.7 Å². The summed E-state index contributed by atoms with van der Waals surface area (Å²) in [5.41, 5.74) is 9.41. The van der Waals surface area contributed by atoms with Gasteiger partial charge in [0.2, 0.25) is 21.8 Å². The second-order valence-electron chi connectivity index (χ2n) is 7.48. The Labute approximate surface area is 189 Å². The summed E-state index contributed by atoms with van der Waals surface area (Å²) in [6.45, 7) is 2.54. The Kier molecular flexibility index (Phi) is 8.66. The molecule has 1 heterocycles. The van der Waals surface area contributed by atoms with Gasteiger partial charge in [-0.25, -0.2) is 8.42 Å². The van der Waals surface area contributed by atoms with Gasteiger partial charge in [0.05, 0.1) is 10.5 Å². The molecule has 0 bridgehead atoms. The van der Waals surface area contributed by atoms with Crippen LogP contribution < -0.4 is 16.2 Å². The lowest BCUT2D eigenvalue weighted by atomic mass is 10.1. The van der Waals surface area contributed by atoms with E-state index < -0.39 is 38.6 Å². The number of rotatable bonds is 8. The summed E-state index contributed by atoms with van der Waals surface area (Å²) in [5, 5.41) is 0. The Morgan fingerprint density at radius 3 is 2.30 bits per heavy atom. The molecule has 5 N–H and O–H groups in total. The molecular formula is C19H27F3N6O4S. The molecule has 0 radical (unpaired) electrons. The number of piperazine rings is 1. The number of carbonyl (C=O) groups is 2. The van der Waals surface area contributed by atoms with Crippen LogP contribution in [-0.2, 0) is 25.8 Å². The maximum Gasteiger partial charge on any atom is 0.416 e. The third-order valence-electron chi connectivity index (χ3n) is 5.05. The number of nitrogens with two attached hydrogens (primary N) is 2. The first-order valence-electron chi connectivity index (χ1n) is 10.1. The number of alkyl halides is 3. The lowest BCUT2D eigenvalue weighted by Crippen LogP contribution is -2.55. The topological polar surface area (TPSA) is 151 Å². The van der Waals surface area contributed by atoms with Crippen LogP contribution in [0.3, 0.4) is 0 Å². The van der Waals surface area contributed by atoms with Gasteiger partial charge in [-0.05, 0) is 31.0 Å². The summed E-state index contributed by atoms with van der Waals surface area (Å²) in [4.78, 5) is 30.7. The smallest absolute Gasteiger partial charge is 0.370 e. The fraction of sp³-hybridized carbons (Fsp3) is 0.526. The number of benzene rings is 1. The average molecular weight is 493 g/mol. The van der Waals surface area contributed by atoms with E-state index >= 15 is 0 Å². The molecule has 0 aliphatic carbocycles. The maximum absolute atomic E-state index is 13.1. The van der Waals surface area contributed by atoms with Crippen LogP contribution in [0.4, 0.5) is 13.2 Å². The largest absolute Gasteiger partial charge is 0.416 e. The SMILES string of the molecule is CC(=O)N1CCN(C(=O)[C@H](CCCN=C(N)N)NS(=O)(=O)c2cccc(C(F)(F)F)c2)CC1. The minimum atomic E-state index is -4.72. The molecule has 1 aliphatic rings. The van der Waals surface area contributed by atoms with Crippen LogP contribution in [-0.4, -0.2) is 74.8 Å². The van der Waals surface area contributed by atoms with Crippen LogP contribution in [0, 0.1) is 0 Å². The van der Waals surface area contributed by atoms with Gasteiger partial charge >= 0.3 is 6.18 Å². The van der Waals surface area contributed by atoms with E-state index in [0.29, 0.717) is 19.2 Å². The highest BCUT2D eigenvalue weighted by Crippen LogP contribution is 2.30. The van der Waals surface area contributed by atoms with E-state index in [9.17, 15) is 31.2 Å². The number of hydrogen-bond acceptors (Lipinski definition) is 5. The zero-order valence-electron chi connectivity index (χ0n) is 18.0. The van der Waals surface area contributed by atoms with Gasteiger partial charge in [-0.15, -0.1) is 0 Å². The molecule has 33 heavy (non-hydrogen) atoms. The zero-order chi connectivity index (χ0) is 24.8. The normalized spacial score (nSPS) is 15.8. The first-order chi connectivity index (χ1) is 15.3. The lowest BCUT2D eigenvalue weighted by Gasteiger charge is -2.36. The highest BCUT2D eigenvalue weighted by Gasteiger charge is 2.34. The Bertz CT molecular complexity index is 987. The van der Waals surface area contributed by atoms with Gasteiger partial charge in [-0.2, -0.15) is 17.9 Å². The Hall–Kier alpha value is -2.87. The number of nitrogens with one attached hydrogen (secondary N) is 1. The molecule has 184 valence electrons. The molecule has 1 aliphatic heterocycles. The van der Waals surface area contributed by atoms with Crippen molar-refractivity contribution in [2.45, 2.75) is 36.9 Å². The number of aliphatic imine (C=N–C) groups is 1. The van der Waals surface area contributed by atoms with E-state index in [4.69, 9.17) is 11.5 Å². The summed E-state index contributed by atoms with van der Waals surface area (Å²) in [6.07, 6.45) is -4.47. The lowest BCUT2D eigenvalue weighted by molar-refractivity contribution is -0.139. The van der Waals surface area contributed by atoms with Gasteiger partial charge in [-0.3, -0.25) is 14.6 Å². The van der Waals surface area contributed by atoms with Gasteiger partial charge < -0.3 is 21.3 Å². The van der Waals surface area contributed by atoms with Gasteiger partial charge in [0, 0.05) is 39.6 Å². The summed E-state index contributed by atoms with van der Waals surface area (Å²) in [7, 11) is -4.45. The molecular weight excluding hydrogens is 465 g/mol. The van der Waals surface area contributed by atoms with E-state index in [1.807, 2.05) is 0 Å². The van der Waals surface area contributed by atoms with Gasteiger partial charge in [-0.1, -0.05) is 6.07 Å². The molecule has 1 fully saturated rings. The Balaban J connectivity index is 2.21. The molecule has 2 rings (SSSR count). The van der Waals surface area contributed by atoms with Crippen LogP contribution in [0.2, 0.25) is 0 Å². The zero-order valence-corrected chi connectivity index (χ0v) is 18.8. The third-order valence-corrected chi connectivity index (χ3v) is 6.52. The van der Waals surface area contributed by atoms with Crippen molar-refractivity contribution in [3.63, 3.8) is 0 Å². The number of guanidine groups is 1. The highest BCUT2D eigenvalue weighted by molar-refractivity contribution is 7.89. The molecule has 1 aromatic rings. The first kappa shape index (κ1) is 26.4. The van der Waals surface area contributed by atoms with E-state index in [0.717, 1.165) is 18.2 Å². The van der Waals surface area contributed by atoms with Gasteiger partial charge in [0.25, 0.3) is 0 Å². The minimum Gasteiger partial charge on any atom is -0.370 e. The molecule has 1 aromatic carbocycles. The number of hydrogen-bond donors (Lipinski definition) is 3. The summed E-state index contributed by atoms with van der Waals surface area (Å²) < 4.78 is 66.9. The van der Waals surface area contributed by atoms with Crippen LogP contribution in [0.25, 0.3) is 0 Å². The molecule has 10 nitrogen and oxygen atoms in total. The van der Waals surface area contributed by atoms with Crippen molar-refractivity contribution in [1.29, 1.82) is 0 Å². The van der Waals surface area contributed by atoms with E-state index in [1.165, 1.54) is 11.8 Å². The quantitative estimate of drug-likeness (QED) is 0.266.